The second-order valence-corrected chi connectivity index (χ2v) is 7.97. The Labute approximate surface area is 196 Å². The van der Waals surface area contributed by atoms with Gasteiger partial charge in [0.05, 0.1) is 18.1 Å². The molecule has 0 aliphatic rings. The third-order valence-electron chi connectivity index (χ3n) is 5.27. The zero-order valence-electron chi connectivity index (χ0n) is 19.5. The summed E-state index contributed by atoms with van der Waals surface area (Å²) in [5.41, 5.74) is 3.41. The number of anilines is 1. The molecule has 1 aromatic carbocycles. The molecule has 0 spiro atoms. The number of para-hydroxylation sites is 1. The lowest BCUT2D eigenvalue weighted by Crippen LogP contribution is -2.26. The van der Waals surface area contributed by atoms with Gasteiger partial charge in [-0.2, -0.15) is 10.2 Å². The van der Waals surface area contributed by atoms with Gasteiger partial charge >= 0.3 is 0 Å². The van der Waals surface area contributed by atoms with Crippen molar-refractivity contribution in [2.75, 3.05) is 5.32 Å². The molecule has 0 saturated carbocycles. The van der Waals surface area contributed by atoms with Crippen LogP contribution in [0.15, 0.2) is 53.3 Å². The molecule has 10 nitrogen and oxygen atoms in total. The van der Waals surface area contributed by atoms with Gasteiger partial charge in [-0.15, -0.1) is 0 Å². The van der Waals surface area contributed by atoms with Gasteiger partial charge in [0.15, 0.2) is 5.76 Å². The SMILES string of the molecule is Cc1cccc(C)c1OCc1ccc(C(=O)Nc2cnn(C)c2C(=O)NCc2cnn(C)c2)o1. The van der Waals surface area contributed by atoms with Crippen LogP contribution in [-0.4, -0.2) is 31.4 Å². The molecule has 2 amide bonds. The minimum absolute atomic E-state index is 0.102. The summed E-state index contributed by atoms with van der Waals surface area (Å²) in [6.07, 6.45) is 4.90. The normalized spacial score (nSPS) is 10.8. The minimum Gasteiger partial charge on any atom is -0.485 e. The average Bonchev–Trinajstić information content (AvgIpc) is 3.52. The van der Waals surface area contributed by atoms with Crippen LogP contribution in [0.2, 0.25) is 0 Å². The summed E-state index contributed by atoms with van der Waals surface area (Å²) in [4.78, 5) is 25.5. The van der Waals surface area contributed by atoms with Crippen LogP contribution in [0, 0.1) is 13.8 Å². The Morgan fingerprint density at radius 2 is 1.79 bits per heavy atom. The highest BCUT2D eigenvalue weighted by Crippen LogP contribution is 2.24. The topological polar surface area (TPSA) is 116 Å². The van der Waals surface area contributed by atoms with E-state index in [1.54, 1.807) is 37.1 Å². The van der Waals surface area contributed by atoms with Crippen LogP contribution in [0.4, 0.5) is 5.69 Å². The minimum atomic E-state index is -0.493. The summed E-state index contributed by atoms with van der Waals surface area (Å²) in [5.74, 6) is 0.537. The quantitative estimate of drug-likeness (QED) is 0.416. The molecule has 0 fully saturated rings. The van der Waals surface area contributed by atoms with Crippen molar-refractivity contribution in [3.05, 3.63) is 82.8 Å². The Balaban J connectivity index is 1.39. The molecule has 0 aliphatic heterocycles. The van der Waals surface area contributed by atoms with Crippen molar-refractivity contribution in [2.45, 2.75) is 27.0 Å². The number of ether oxygens (including phenoxy) is 1. The van der Waals surface area contributed by atoms with E-state index in [2.05, 4.69) is 20.8 Å². The molecule has 3 aromatic heterocycles. The van der Waals surface area contributed by atoms with E-state index in [1.165, 1.54) is 10.9 Å². The van der Waals surface area contributed by atoms with Crippen LogP contribution in [0.3, 0.4) is 0 Å². The van der Waals surface area contributed by atoms with Crippen molar-refractivity contribution in [3.63, 3.8) is 0 Å². The van der Waals surface area contributed by atoms with Gasteiger partial charge < -0.3 is 19.8 Å². The third-order valence-corrected chi connectivity index (χ3v) is 5.27. The molecule has 3 heterocycles. The van der Waals surface area contributed by atoms with Gasteiger partial charge in [0.1, 0.15) is 23.8 Å². The number of nitrogens with one attached hydrogen (secondary N) is 2. The lowest BCUT2D eigenvalue weighted by atomic mass is 10.1. The molecule has 10 heteroatoms. The van der Waals surface area contributed by atoms with Gasteiger partial charge in [0.2, 0.25) is 0 Å². The molecular weight excluding hydrogens is 436 g/mol. The van der Waals surface area contributed by atoms with E-state index in [0.717, 1.165) is 22.4 Å². The number of hydrogen-bond donors (Lipinski definition) is 2. The highest BCUT2D eigenvalue weighted by Gasteiger charge is 2.21. The Bertz CT molecular complexity index is 1310. The molecular formula is C24H26N6O4. The summed E-state index contributed by atoms with van der Waals surface area (Å²) in [6.45, 7) is 4.43. The summed E-state index contributed by atoms with van der Waals surface area (Å²) in [7, 11) is 3.43. The van der Waals surface area contributed by atoms with E-state index >= 15 is 0 Å². The van der Waals surface area contributed by atoms with Gasteiger partial charge in [-0.3, -0.25) is 19.0 Å². The number of carbonyl (C=O) groups is 2. The predicted octanol–water partition coefficient (Wildman–Crippen LogP) is 3.12. The number of nitrogens with zero attached hydrogens (tertiary/aromatic N) is 4. The van der Waals surface area contributed by atoms with E-state index in [9.17, 15) is 9.59 Å². The Hall–Kier alpha value is -4.34. The van der Waals surface area contributed by atoms with Gasteiger partial charge in [0, 0.05) is 32.4 Å². The highest BCUT2D eigenvalue weighted by atomic mass is 16.5. The predicted molar refractivity (Wildman–Crippen MR) is 124 cm³/mol. The Kier molecular flexibility index (Phi) is 6.48. The molecule has 176 valence electrons. The van der Waals surface area contributed by atoms with E-state index in [1.807, 2.05) is 38.2 Å². The molecule has 0 unspecified atom stereocenters. The number of aryl methyl sites for hydroxylation is 4. The van der Waals surface area contributed by atoms with Crippen LogP contribution >= 0.6 is 0 Å². The summed E-state index contributed by atoms with van der Waals surface area (Å²) in [5, 5.41) is 13.7. The molecule has 0 aliphatic carbocycles. The summed E-state index contributed by atoms with van der Waals surface area (Å²) < 4.78 is 14.6. The first kappa shape index (κ1) is 22.8. The van der Waals surface area contributed by atoms with E-state index < -0.39 is 5.91 Å². The van der Waals surface area contributed by atoms with Gasteiger partial charge in [0.25, 0.3) is 11.8 Å². The molecule has 0 radical (unpaired) electrons. The number of hydrogen-bond acceptors (Lipinski definition) is 6. The fourth-order valence-electron chi connectivity index (χ4n) is 3.56. The maximum Gasteiger partial charge on any atom is 0.291 e. The Morgan fingerprint density at radius 3 is 2.50 bits per heavy atom. The standard InChI is InChI=1S/C24H26N6O4/c1-15-6-5-7-16(2)22(15)33-14-18-8-9-20(34-18)23(31)28-19-12-27-30(4)21(19)24(32)25-10-17-11-26-29(3)13-17/h5-9,11-13H,10,14H2,1-4H3,(H,25,32)(H,28,31). The van der Waals surface area contributed by atoms with E-state index in [0.29, 0.717) is 12.3 Å². The second kappa shape index (κ2) is 9.65. The van der Waals surface area contributed by atoms with Gasteiger partial charge in [-0.05, 0) is 37.1 Å². The number of rotatable bonds is 8. The second-order valence-electron chi connectivity index (χ2n) is 7.97. The fourth-order valence-corrected chi connectivity index (χ4v) is 3.56. The van der Waals surface area contributed by atoms with Crippen molar-refractivity contribution in [1.29, 1.82) is 0 Å². The van der Waals surface area contributed by atoms with E-state index in [-0.39, 0.29) is 29.7 Å². The zero-order chi connectivity index (χ0) is 24.2. The van der Waals surface area contributed by atoms with Crippen LogP contribution in [0.5, 0.6) is 5.75 Å². The van der Waals surface area contributed by atoms with Crippen molar-refractivity contribution in [2.24, 2.45) is 14.1 Å². The number of benzene rings is 1. The molecule has 4 rings (SSSR count). The third kappa shape index (κ3) is 5.01. The van der Waals surface area contributed by atoms with Gasteiger partial charge in [-0.25, -0.2) is 0 Å². The van der Waals surface area contributed by atoms with Crippen molar-refractivity contribution in [3.8, 4) is 5.75 Å². The maximum atomic E-state index is 12.8. The van der Waals surface area contributed by atoms with Crippen LogP contribution in [-0.2, 0) is 27.2 Å². The Morgan fingerprint density at radius 1 is 1.03 bits per heavy atom. The monoisotopic (exact) mass is 462 g/mol. The average molecular weight is 463 g/mol. The summed E-state index contributed by atoms with van der Waals surface area (Å²) in [6, 6.07) is 9.17. The van der Waals surface area contributed by atoms with Crippen molar-refractivity contribution in [1.82, 2.24) is 24.9 Å². The van der Waals surface area contributed by atoms with Gasteiger partial charge in [-0.1, -0.05) is 18.2 Å². The van der Waals surface area contributed by atoms with E-state index in [4.69, 9.17) is 9.15 Å². The zero-order valence-corrected chi connectivity index (χ0v) is 19.5. The number of aromatic nitrogens is 4. The number of amides is 2. The number of furan rings is 1. The molecule has 0 atom stereocenters. The summed E-state index contributed by atoms with van der Waals surface area (Å²) >= 11 is 0. The van der Waals surface area contributed by atoms with Crippen molar-refractivity contribution < 1.29 is 18.7 Å². The maximum absolute atomic E-state index is 12.8. The largest absolute Gasteiger partial charge is 0.485 e. The lowest BCUT2D eigenvalue weighted by Gasteiger charge is -2.10. The molecule has 4 aromatic rings. The fraction of sp³-hybridized carbons (Fsp3) is 0.250. The first-order chi connectivity index (χ1) is 16.3. The van der Waals surface area contributed by atoms with Crippen molar-refractivity contribution >= 4 is 17.5 Å². The highest BCUT2D eigenvalue weighted by molar-refractivity contribution is 6.07. The molecule has 34 heavy (non-hydrogen) atoms. The lowest BCUT2D eigenvalue weighted by molar-refractivity contribution is 0.0942. The van der Waals surface area contributed by atoms with Crippen LogP contribution in [0.25, 0.3) is 0 Å². The first-order valence-corrected chi connectivity index (χ1v) is 10.7. The smallest absolute Gasteiger partial charge is 0.291 e. The molecule has 0 saturated heterocycles. The molecule has 0 bridgehead atoms. The van der Waals surface area contributed by atoms with Crippen LogP contribution < -0.4 is 15.4 Å². The first-order valence-electron chi connectivity index (χ1n) is 10.7. The molecule has 2 N–H and O–H groups in total. The van der Waals surface area contributed by atoms with Crippen LogP contribution in [0.1, 0.15) is 43.5 Å². The number of carbonyl (C=O) groups excluding carboxylic acids is 2.